The van der Waals surface area contributed by atoms with Gasteiger partial charge in [0.1, 0.15) is 11.9 Å². The molecular weight excluding hydrogens is 276 g/mol. The monoisotopic (exact) mass is 280 g/mol. The first-order chi connectivity index (χ1) is 8.30. The van der Waals surface area contributed by atoms with E-state index in [1.165, 1.54) is 0 Å². The van der Waals surface area contributed by atoms with Crippen molar-refractivity contribution in [1.29, 1.82) is 0 Å². The Morgan fingerprint density at radius 2 is 0.947 bits per heavy atom. The number of hydrogen-bond acceptors (Lipinski definition) is 14. The minimum atomic E-state index is -2.08. The van der Waals surface area contributed by atoms with E-state index >= 15 is 0 Å². The van der Waals surface area contributed by atoms with Crippen molar-refractivity contribution in [2.24, 2.45) is 52.8 Å². The number of nitrogens with two attached hydrogens (primary N) is 2. The Bertz CT molecular complexity index is 416. The fourth-order valence-corrected chi connectivity index (χ4v) is 0.556. The molecule has 0 saturated heterocycles. The van der Waals surface area contributed by atoms with Crippen LogP contribution >= 0.6 is 0 Å². The normalized spacial score (nSPS) is 19.5. The van der Waals surface area contributed by atoms with Crippen molar-refractivity contribution >= 4 is 35.0 Å². The van der Waals surface area contributed by atoms with Crippen molar-refractivity contribution < 1.29 is 19.8 Å². The van der Waals surface area contributed by atoms with E-state index in [-0.39, 0.29) is 23.1 Å². The predicted octanol–water partition coefficient (Wildman–Crippen LogP) is -4.02. The van der Waals surface area contributed by atoms with E-state index in [9.17, 15) is 19.8 Å². The molecule has 14 nitrogen and oxygen atoms in total. The molecule has 0 unspecified atom stereocenters. The third-order valence-electron chi connectivity index (χ3n) is 1.47. The summed E-state index contributed by atoms with van der Waals surface area (Å²) in [5.41, 5.74) is 9.84. The molecule has 4 N–H and O–H groups in total. The number of nitrogens with zero attached hydrogens (tertiary/aromatic N) is 8. The number of carbonyl (C=O) groups is 2. The average molecular weight is 280 g/mol. The van der Waals surface area contributed by atoms with Crippen molar-refractivity contribution in [3.8, 4) is 0 Å². The zero-order valence-electron chi connectivity index (χ0n) is 9.07. The molecule has 0 aromatic carbocycles. The molecule has 0 amide bonds. The van der Waals surface area contributed by atoms with Crippen molar-refractivity contribution in [1.82, 2.24) is 0 Å². The summed E-state index contributed by atoms with van der Waals surface area (Å²) < 4.78 is 0. The molecule has 2 aliphatic heterocycles. The van der Waals surface area contributed by atoms with Crippen LogP contribution in [0.25, 0.3) is 0 Å². The first-order valence-corrected chi connectivity index (χ1v) is 3.99. The van der Waals surface area contributed by atoms with Gasteiger partial charge in [0.15, 0.2) is 0 Å². The van der Waals surface area contributed by atoms with Crippen LogP contribution in [0.15, 0.2) is 41.4 Å². The van der Waals surface area contributed by atoms with Crippen molar-refractivity contribution in [2.75, 3.05) is 0 Å². The second-order valence-corrected chi connectivity index (χ2v) is 2.78. The van der Waals surface area contributed by atoms with Gasteiger partial charge in [-0.05, 0) is 20.9 Å². The summed E-state index contributed by atoms with van der Waals surface area (Å²) in [6.07, 6.45) is 0. The first kappa shape index (κ1) is 17.0. The Kier molecular flexibility index (Phi) is 5.62. The number of carbonyl (C=O) groups excluding carboxylic acids is 2. The minimum Gasteiger partial charge on any atom is -0.544 e. The van der Waals surface area contributed by atoms with Gasteiger partial charge in [-0.2, -0.15) is 0 Å². The molecule has 0 aromatic rings. The van der Waals surface area contributed by atoms with Gasteiger partial charge in [0.05, 0.1) is 0 Å². The van der Waals surface area contributed by atoms with Crippen LogP contribution in [0.3, 0.4) is 0 Å². The van der Waals surface area contributed by atoms with Crippen LogP contribution in [0.5, 0.6) is 0 Å². The third-order valence-corrected chi connectivity index (χ3v) is 1.47. The third kappa shape index (κ3) is 4.01. The molecule has 96 valence electrons. The quantitative estimate of drug-likeness (QED) is 0.477. The Balaban J connectivity index is 0.000000324. The van der Waals surface area contributed by atoms with Gasteiger partial charge in [0.2, 0.25) is 0 Å². The molecule has 0 aromatic heterocycles. The van der Waals surface area contributed by atoms with Crippen LogP contribution in [0.1, 0.15) is 0 Å². The summed E-state index contributed by atoms with van der Waals surface area (Å²) in [5.74, 6) is -7.40. The Labute approximate surface area is 119 Å². The van der Waals surface area contributed by atoms with Crippen molar-refractivity contribution in [3.05, 3.63) is 0 Å². The maximum Gasteiger partial charge on any atom is 2.00 e. The van der Waals surface area contributed by atoms with E-state index in [2.05, 4.69) is 41.4 Å². The Hall–Kier alpha value is -1.97. The number of aliphatic carboxylic acids is 2. The van der Waals surface area contributed by atoms with Gasteiger partial charge in [-0.15, -0.1) is 20.5 Å². The number of rotatable bonds is 2. The summed E-state index contributed by atoms with van der Waals surface area (Å²) >= 11 is 0. The molecule has 0 radical (unpaired) electrons. The largest absolute Gasteiger partial charge is 2.00 e. The van der Waals surface area contributed by atoms with Crippen LogP contribution in [-0.4, -0.2) is 46.6 Å². The van der Waals surface area contributed by atoms with Crippen LogP contribution in [0, 0.1) is 0 Å². The topological polar surface area (TPSA) is 231 Å². The van der Waals surface area contributed by atoms with Gasteiger partial charge >= 0.3 is 23.1 Å². The zero-order chi connectivity index (χ0) is 13.8. The SMILES string of the molecule is NC1(C(=O)[O-])N=NN=N1.NC1(C(=O)[O-])N=NN=N1.[Mg+2]. The molecule has 2 heterocycles. The smallest absolute Gasteiger partial charge is 0.544 e. The molecule has 0 spiro atoms. The van der Waals surface area contributed by atoms with Gasteiger partial charge < -0.3 is 19.8 Å². The standard InChI is InChI=1S/2C2H3N5O2.Mg/c2*3-2(1(8)9)4-6-7-5-2;/h2*3H2,(H,8,9);/q;;+2/p-2. The number of hydrogen-bond donors (Lipinski definition) is 2. The van der Waals surface area contributed by atoms with E-state index in [0.717, 1.165) is 0 Å². The maximum atomic E-state index is 9.98. The van der Waals surface area contributed by atoms with Gasteiger partial charge in [-0.1, -0.05) is 0 Å². The van der Waals surface area contributed by atoms with Crippen molar-refractivity contribution in [3.63, 3.8) is 0 Å². The molecule has 0 saturated carbocycles. The molecule has 0 aliphatic carbocycles. The molecule has 15 heteroatoms. The molecule has 0 atom stereocenters. The zero-order valence-corrected chi connectivity index (χ0v) is 10.5. The predicted molar refractivity (Wildman–Crippen MR) is 49.0 cm³/mol. The van der Waals surface area contributed by atoms with E-state index in [1.54, 1.807) is 0 Å². The van der Waals surface area contributed by atoms with E-state index in [0.29, 0.717) is 0 Å². The fourth-order valence-electron chi connectivity index (χ4n) is 0.556. The minimum absolute atomic E-state index is 0. The molecule has 19 heavy (non-hydrogen) atoms. The molecule has 0 fully saturated rings. The van der Waals surface area contributed by atoms with Gasteiger partial charge in [0.25, 0.3) is 11.6 Å². The fraction of sp³-hybridized carbons (Fsp3) is 0.500. The summed E-state index contributed by atoms with van der Waals surface area (Å²) in [5, 5.41) is 43.4. The molecular formula is C4H4MgN10O4. The van der Waals surface area contributed by atoms with Crippen LogP contribution in [0.2, 0.25) is 0 Å². The first-order valence-electron chi connectivity index (χ1n) is 3.99. The summed E-state index contributed by atoms with van der Waals surface area (Å²) in [6.45, 7) is 0. The van der Waals surface area contributed by atoms with E-state index < -0.39 is 23.5 Å². The Morgan fingerprint density at radius 3 is 1.05 bits per heavy atom. The maximum absolute atomic E-state index is 9.98. The van der Waals surface area contributed by atoms with Crippen molar-refractivity contribution in [2.45, 2.75) is 11.6 Å². The second kappa shape index (κ2) is 6.27. The van der Waals surface area contributed by atoms with Gasteiger partial charge in [-0.25, -0.2) is 0 Å². The summed E-state index contributed by atoms with van der Waals surface area (Å²) in [6, 6.07) is 0. The summed E-state index contributed by atoms with van der Waals surface area (Å²) in [4.78, 5) is 20.0. The molecule has 2 aliphatic rings. The molecule has 0 bridgehead atoms. The van der Waals surface area contributed by atoms with Gasteiger partial charge in [-0.3, -0.25) is 11.5 Å². The number of carboxylic acids is 2. The number of carboxylic acid groups (broad SMARTS) is 2. The van der Waals surface area contributed by atoms with Gasteiger partial charge in [0, 0.05) is 0 Å². The Morgan fingerprint density at radius 1 is 0.737 bits per heavy atom. The van der Waals surface area contributed by atoms with Crippen LogP contribution in [-0.2, 0) is 9.59 Å². The van der Waals surface area contributed by atoms with E-state index in [1.807, 2.05) is 0 Å². The second-order valence-electron chi connectivity index (χ2n) is 2.78. The molecule has 2 rings (SSSR count). The van der Waals surface area contributed by atoms with Crippen LogP contribution < -0.4 is 21.7 Å². The summed E-state index contributed by atoms with van der Waals surface area (Å²) in [7, 11) is 0. The van der Waals surface area contributed by atoms with Crippen LogP contribution in [0.4, 0.5) is 0 Å². The van der Waals surface area contributed by atoms with E-state index in [4.69, 9.17) is 11.5 Å². The average Bonchev–Trinajstić information content (AvgIpc) is 2.90.